The first-order valence-electron chi connectivity index (χ1n) is 11.6. The Labute approximate surface area is 223 Å². The molecule has 0 aliphatic heterocycles. The zero-order valence-corrected chi connectivity index (χ0v) is 23.0. The lowest BCUT2D eigenvalue weighted by molar-refractivity contribution is -0.120. The molecular weight excluding hydrogens is 512 g/mol. The zero-order chi connectivity index (χ0) is 27.9. The van der Waals surface area contributed by atoms with E-state index >= 15 is 0 Å². The van der Waals surface area contributed by atoms with Gasteiger partial charge in [0.1, 0.15) is 23.8 Å². The van der Waals surface area contributed by atoms with Crippen LogP contribution in [0.2, 0.25) is 0 Å². The standard InChI is InChI=1S/C27H32N2O8S/c1-18(21-9-7-8-10-23(21)34-3)28-27(30)17-29(22-15-19(33-2)11-13-24(22)35-4)38(31,32)20-12-14-25(36-5)26(16-20)37-6/h7-16,18H,17H2,1-6H3,(H,28,30)/t18-/m1/s1. The minimum Gasteiger partial charge on any atom is -0.497 e. The summed E-state index contributed by atoms with van der Waals surface area (Å²) in [7, 11) is 2.97. The number of sulfonamides is 1. The summed E-state index contributed by atoms with van der Waals surface area (Å²) in [5.41, 5.74) is 0.873. The lowest BCUT2D eigenvalue weighted by atomic mass is 10.1. The summed E-state index contributed by atoms with van der Waals surface area (Å²) < 4.78 is 55.7. The summed E-state index contributed by atoms with van der Waals surface area (Å²) in [6.07, 6.45) is 0. The smallest absolute Gasteiger partial charge is 0.265 e. The van der Waals surface area contributed by atoms with Crippen LogP contribution < -0.4 is 33.3 Å². The van der Waals surface area contributed by atoms with Gasteiger partial charge in [-0.3, -0.25) is 9.10 Å². The van der Waals surface area contributed by atoms with Gasteiger partial charge in [0, 0.05) is 17.7 Å². The number of para-hydroxylation sites is 1. The van der Waals surface area contributed by atoms with Gasteiger partial charge in [-0.25, -0.2) is 8.42 Å². The molecule has 1 N–H and O–H groups in total. The van der Waals surface area contributed by atoms with Crippen LogP contribution in [0, 0.1) is 0 Å². The van der Waals surface area contributed by atoms with Gasteiger partial charge in [-0.05, 0) is 37.3 Å². The number of nitrogens with one attached hydrogen (secondary N) is 1. The molecule has 0 saturated carbocycles. The molecule has 0 bridgehead atoms. The third kappa shape index (κ3) is 6.05. The Balaban J connectivity index is 2.06. The maximum absolute atomic E-state index is 14.0. The topological polar surface area (TPSA) is 113 Å². The monoisotopic (exact) mass is 544 g/mol. The normalized spacial score (nSPS) is 11.7. The predicted molar refractivity (Wildman–Crippen MR) is 143 cm³/mol. The number of anilines is 1. The number of hydrogen-bond donors (Lipinski definition) is 1. The maximum Gasteiger partial charge on any atom is 0.265 e. The average Bonchev–Trinajstić information content (AvgIpc) is 2.94. The second-order valence-electron chi connectivity index (χ2n) is 8.10. The number of methoxy groups -OCH3 is 5. The van der Waals surface area contributed by atoms with Gasteiger partial charge in [0.25, 0.3) is 10.0 Å². The van der Waals surface area contributed by atoms with Crippen molar-refractivity contribution < 1.29 is 36.9 Å². The van der Waals surface area contributed by atoms with Crippen molar-refractivity contribution in [1.29, 1.82) is 0 Å². The van der Waals surface area contributed by atoms with Crippen LogP contribution in [0.1, 0.15) is 18.5 Å². The third-order valence-electron chi connectivity index (χ3n) is 5.87. The van der Waals surface area contributed by atoms with E-state index in [1.807, 2.05) is 18.2 Å². The fourth-order valence-electron chi connectivity index (χ4n) is 3.91. The molecule has 3 aromatic carbocycles. The number of carbonyl (C=O) groups excluding carboxylic acids is 1. The van der Waals surface area contributed by atoms with Gasteiger partial charge in [-0.1, -0.05) is 18.2 Å². The van der Waals surface area contributed by atoms with E-state index < -0.39 is 28.5 Å². The quantitative estimate of drug-likeness (QED) is 0.366. The van der Waals surface area contributed by atoms with Crippen molar-refractivity contribution in [1.82, 2.24) is 5.32 Å². The summed E-state index contributed by atoms with van der Waals surface area (Å²) in [5.74, 6) is 1.26. The van der Waals surface area contributed by atoms with Gasteiger partial charge in [-0.15, -0.1) is 0 Å². The van der Waals surface area contributed by atoms with Crippen molar-refractivity contribution in [3.63, 3.8) is 0 Å². The first-order valence-corrected chi connectivity index (χ1v) is 13.0. The van der Waals surface area contributed by atoms with Gasteiger partial charge >= 0.3 is 0 Å². The highest BCUT2D eigenvalue weighted by Gasteiger charge is 2.31. The van der Waals surface area contributed by atoms with Gasteiger partial charge in [0.15, 0.2) is 11.5 Å². The summed E-state index contributed by atoms with van der Waals surface area (Å²) in [4.78, 5) is 13.2. The number of nitrogens with zero attached hydrogens (tertiary/aromatic N) is 1. The minimum atomic E-state index is -4.30. The highest BCUT2D eigenvalue weighted by Crippen LogP contribution is 2.37. The highest BCUT2D eigenvalue weighted by atomic mass is 32.2. The maximum atomic E-state index is 14.0. The number of hydrogen-bond acceptors (Lipinski definition) is 8. The Kier molecular flexibility index (Phi) is 9.30. The van der Waals surface area contributed by atoms with E-state index in [4.69, 9.17) is 23.7 Å². The fourth-order valence-corrected chi connectivity index (χ4v) is 5.35. The molecule has 1 atom stereocenters. The van der Waals surface area contributed by atoms with Gasteiger partial charge < -0.3 is 29.0 Å². The second kappa shape index (κ2) is 12.4. The molecule has 10 nitrogen and oxygen atoms in total. The number of carbonyl (C=O) groups is 1. The van der Waals surface area contributed by atoms with Gasteiger partial charge in [0.2, 0.25) is 5.91 Å². The summed E-state index contributed by atoms with van der Waals surface area (Å²) >= 11 is 0. The van der Waals surface area contributed by atoms with Crippen LogP contribution in [0.3, 0.4) is 0 Å². The van der Waals surface area contributed by atoms with Crippen molar-refractivity contribution in [2.24, 2.45) is 0 Å². The molecule has 3 aromatic rings. The molecule has 0 saturated heterocycles. The van der Waals surface area contributed by atoms with E-state index in [9.17, 15) is 13.2 Å². The fraction of sp³-hybridized carbons (Fsp3) is 0.296. The summed E-state index contributed by atoms with van der Waals surface area (Å²) in [6.45, 7) is 1.24. The van der Waals surface area contributed by atoms with E-state index in [2.05, 4.69) is 5.32 Å². The number of benzene rings is 3. The predicted octanol–water partition coefficient (Wildman–Crippen LogP) is 3.80. The number of rotatable bonds is 12. The van der Waals surface area contributed by atoms with E-state index in [0.29, 0.717) is 17.2 Å². The lowest BCUT2D eigenvalue weighted by Crippen LogP contribution is -2.41. The van der Waals surface area contributed by atoms with Crippen molar-refractivity contribution >= 4 is 21.6 Å². The average molecular weight is 545 g/mol. The van der Waals surface area contributed by atoms with Gasteiger partial charge in [0.05, 0.1) is 52.2 Å². The first-order chi connectivity index (χ1) is 18.2. The summed E-state index contributed by atoms with van der Waals surface area (Å²) in [6, 6.07) is 15.7. The Morgan fingerprint density at radius 3 is 2.05 bits per heavy atom. The van der Waals surface area contributed by atoms with Crippen LogP contribution in [-0.2, 0) is 14.8 Å². The van der Waals surface area contributed by atoms with E-state index in [-0.39, 0.29) is 22.1 Å². The molecule has 11 heteroatoms. The second-order valence-corrected chi connectivity index (χ2v) is 9.96. The van der Waals surface area contributed by atoms with Crippen LogP contribution in [0.15, 0.2) is 65.6 Å². The van der Waals surface area contributed by atoms with Crippen molar-refractivity contribution in [2.75, 3.05) is 46.4 Å². The van der Waals surface area contributed by atoms with Gasteiger partial charge in [-0.2, -0.15) is 0 Å². The molecule has 1 amide bonds. The molecule has 0 aliphatic rings. The Hall–Kier alpha value is -4.12. The molecule has 0 spiro atoms. The first kappa shape index (κ1) is 28.5. The summed E-state index contributed by atoms with van der Waals surface area (Å²) in [5, 5.41) is 2.86. The number of ether oxygens (including phenoxy) is 5. The Morgan fingerprint density at radius 1 is 0.789 bits per heavy atom. The molecule has 0 heterocycles. The Morgan fingerprint density at radius 2 is 1.42 bits per heavy atom. The van der Waals surface area contributed by atoms with Crippen LogP contribution in [0.5, 0.6) is 28.7 Å². The zero-order valence-electron chi connectivity index (χ0n) is 22.2. The van der Waals surface area contributed by atoms with Crippen molar-refractivity contribution in [3.8, 4) is 28.7 Å². The Bertz CT molecular complexity index is 1380. The molecule has 0 aliphatic carbocycles. The van der Waals surface area contributed by atoms with E-state index in [0.717, 1.165) is 9.87 Å². The van der Waals surface area contributed by atoms with Crippen molar-refractivity contribution in [3.05, 3.63) is 66.2 Å². The number of amides is 1. The van der Waals surface area contributed by atoms with Crippen molar-refractivity contribution in [2.45, 2.75) is 17.9 Å². The van der Waals surface area contributed by atoms with E-state index in [1.165, 1.54) is 52.7 Å². The molecule has 0 aromatic heterocycles. The molecule has 38 heavy (non-hydrogen) atoms. The van der Waals surface area contributed by atoms with Crippen LogP contribution >= 0.6 is 0 Å². The van der Waals surface area contributed by atoms with Crippen LogP contribution in [-0.4, -0.2) is 56.4 Å². The molecule has 0 unspecified atom stereocenters. The molecule has 204 valence electrons. The van der Waals surface area contributed by atoms with E-state index in [1.54, 1.807) is 32.2 Å². The molecular formula is C27H32N2O8S. The SMILES string of the molecule is COc1ccc(OC)c(N(CC(=O)N[C@H](C)c2ccccc2OC)S(=O)(=O)c2ccc(OC)c(OC)c2)c1. The largest absolute Gasteiger partial charge is 0.497 e. The molecule has 3 rings (SSSR count). The third-order valence-corrected chi connectivity index (χ3v) is 7.62. The van der Waals surface area contributed by atoms with Crippen LogP contribution in [0.4, 0.5) is 5.69 Å². The highest BCUT2D eigenvalue weighted by molar-refractivity contribution is 7.92. The van der Waals surface area contributed by atoms with Crippen LogP contribution in [0.25, 0.3) is 0 Å². The molecule has 0 fully saturated rings. The minimum absolute atomic E-state index is 0.106. The molecule has 0 radical (unpaired) electrons. The lowest BCUT2D eigenvalue weighted by Gasteiger charge is -2.27.